The molecule has 6 heteroatoms. The van der Waals surface area contributed by atoms with Crippen molar-refractivity contribution in [1.29, 1.82) is 0 Å². The van der Waals surface area contributed by atoms with Gasteiger partial charge in [0.25, 0.3) is 6.33 Å². The monoisotopic (exact) mass is 1330 g/mol. The summed E-state index contributed by atoms with van der Waals surface area (Å²) in [4.78, 5) is 4.78. The van der Waals surface area contributed by atoms with Crippen LogP contribution < -0.4 is 9.30 Å². The van der Waals surface area contributed by atoms with Crippen LogP contribution in [-0.4, -0.2) is 14.1 Å². The summed E-state index contributed by atoms with van der Waals surface area (Å²) in [6.07, 6.45) is 5.26. The van der Waals surface area contributed by atoms with Crippen LogP contribution in [0.25, 0.3) is 94.5 Å². The van der Waals surface area contributed by atoms with Gasteiger partial charge in [0.05, 0.1) is 23.6 Å². The number of hydrogen-bond donors (Lipinski definition) is 0. The topological polar surface area (TPSA) is 35.9 Å². The van der Waals surface area contributed by atoms with Crippen molar-refractivity contribution >= 4 is 32.8 Å². The van der Waals surface area contributed by atoms with Crippen LogP contribution in [0.2, 0.25) is 0 Å². The third-order valence-corrected chi connectivity index (χ3v) is 16.6. The summed E-state index contributed by atoms with van der Waals surface area (Å²) < 4.78 is 81.6. The average molecular weight is 1330 g/mol. The zero-order chi connectivity index (χ0) is 67.7. The second-order valence-electron chi connectivity index (χ2n) is 28.1. The maximum Gasteiger partial charge on any atom is 0.268 e. The molecule has 9 aromatic carbocycles. The molecule has 5 nitrogen and oxygen atoms in total. The number of aryl methyl sites for hydroxylation is 1. The van der Waals surface area contributed by atoms with Crippen molar-refractivity contribution in [3.63, 3.8) is 0 Å². The van der Waals surface area contributed by atoms with Crippen LogP contribution in [0.3, 0.4) is 0 Å². The van der Waals surface area contributed by atoms with Gasteiger partial charge in [0, 0.05) is 54.0 Å². The van der Waals surface area contributed by atoms with Crippen LogP contribution >= 0.6 is 0 Å². The van der Waals surface area contributed by atoms with Gasteiger partial charge < -0.3 is 13.9 Å². The van der Waals surface area contributed by atoms with Crippen molar-refractivity contribution in [3.05, 3.63) is 246 Å². The number of para-hydroxylation sites is 1. The molecule has 0 saturated carbocycles. The fraction of sp³-hybridized carbons (Fsp3) is 0.259. The van der Waals surface area contributed by atoms with E-state index in [-0.39, 0.29) is 70.6 Å². The Kier molecular flexibility index (Phi) is 13.2. The molecule has 0 aliphatic carbocycles. The van der Waals surface area contributed by atoms with Crippen LogP contribution in [0.15, 0.2) is 194 Å². The number of fused-ring (bicyclic) bond motifs is 4. The van der Waals surface area contributed by atoms with Crippen molar-refractivity contribution < 1.29 is 41.3 Å². The predicted molar refractivity (Wildman–Crippen MR) is 360 cm³/mol. The van der Waals surface area contributed by atoms with Crippen molar-refractivity contribution in [3.8, 4) is 73.2 Å². The van der Waals surface area contributed by atoms with Crippen LogP contribution in [0.1, 0.15) is 148 Å². The van der Waals surface area contributed by atoms with Gasteiger partial charge in [-0.1, -0.05) is 249 Å². The van der Waals surface area contributed by atoms with E-state index in [1.807, 2.05) is 59.2 Å². The summed E-state index contributed by atoms with van der Waals surface area (Å²) >= 11 is 0. The van der Waals surface area contributed by atoms with Gasteiger partial charge in [-0.15, -0.1) is 29.7 Å². The Morgan fingerprint density at radius 2 is 1.08 bits per heavy atom. The first-order valence-corrected chi connectivity index (χ1v) is 29.8. The molecule has 0 atom stereocenters. The van der Waals surface area contributed by atoms with Gasteiger partial charge in [-0.2, -0.15) is 18.2 Å². The van der Waals surface area contributed by atoms with E-state index in [9.17, 15) is 0 Å². The van der Waals surface area contributed by atoms with Crippen molar-refractivity contribution in [1.82, 2.24) is 14.1 Å². The summed E-state index contributed by atoms with van der Waals surface area (Å²) in [7, 11) is 0. The normalized spacial score (nSPS) is 14.0. The van der Waals surface area contributed by atoms with Crippen molar-refractivity contribution in [2.24, 2.45) is 0 Å². The Morgan fingerprint density at radius 3 is 1.75 bits per heavy atom. The fourth-order valence-electron chi connectivity index (χ4n) is 11.4. The molecular weight excluding hydrogens is 1240 g/mol. The van der Waals surface area contributed by atoms with E-state index >= 15 is 0 Å². The minimum absolute atomic E-state index is 0. The molecule has 0 amide bonds. The van der Waals surface area contributed by atoms with E-state index in [1.165, 1.54) is 40.1 Å². The number of hydrogen-bond acceptors (Lipinski definition) is 2. The molecular formula is C81H80N4OPt-2. The van der Waals surface area contributed by atoms with Crippen LogP contribution in [-0.2, 0) is 48.1 Å². The van der Waals surface area contributed by atoms with Gasteiger partial charge in [0.15, 0.2) is 0 Å². The number of rotatable bonds is 9. The minimum atomic E-state index is -2.78. The number of imidazole rings is 1. The molecule has 0 N–H and O–H groups in total. The van der Waals surface area contributed by atoms with Crippen molar-refractivity contribution in [2.75, 3.05) is 0 Å². The second-order valence-corrected chi connectivity index (χ2v) is 28.1. The van der Waals surface area contributed by atoms with E-state index in [0.29, 0.717) is 28.2 Å². The molecule has 0 aliphatic heterocycles. The van der Waals surface area contributed by atoms with Gasteiger partial charge in [0.1, 0.15) is 5.82 Å². The first kappa shape index (κ1) is 51.0. The summed E-state index contributed by atoms with van der Waals surface area (Å²) in [6.45, 7) is 31.3. The van der Waals surface area contributed by atoms with E-state index in [2.05, 4.69) is 229 Å². The van der Waals surface area contributed by atoms with E-state index < -0.39 is 37.1 Å². The maximum atomic E-state index is 8.74. The summed E-state index contributed by atoms with van der Waals surface area (Å²) in [5, 5.41) is 1.65. The van der Waals surface area contributed by atoms with Gasteiger partial charge in [-0.3, -0.25) is 4.57 Å². The van der Waals surface area contributed by atoms with E-state index in [1.54, 1.807) is 0 Å². The van der Waals surface area contributed by atoms with Gasteiger partial charge in [-0.25, -0.2) is 4.98 Å². The Balaban J connectivity index is 0.00000919. The molecule has 12 rings (SSSR count). The van der Waals surface area contributed by atoms with Gasteiger partial charge in [0.2, 0.25) is 0 Å². The third-order valence-electron chi connectivity index (χ3n) is 16.6. The van der Waals surface area contributed by atoms with Gasteiger partial charge in [-0.05, 0) is 136 Å². The first-order valence-electron chi connectivity index (χ1n) is 33.8. The van der Waals surface area contributed by atoms with E-state index in [0.717, 1.165) is 60.9 Å². The molecule has 0 aliphatic rings. The number of ether oxygens (including phenoxy) is 1. The molecule has 87 heavy (non-hydrogen) atoms. The Hall–Kier alpha value is -8.11. The van der Waals surface area contributed by atoms with E-state index in [4.69, 9.17) is 20.7 Å². The molecule has 0 bridgehead atoms. The SMILES string of the molecule is [2H]c1c([2H])c([2H])c(-c2cnc(-n3c4[c-]c(Oc5[c-]c(-n6[c-][n+](-c7c(-c8cccc(C(C)(C)C)c8)cc(C(C)(C)C)cc7-c7cc(C(C)(C)C)cc(C(C)(C)C)c7)c7ccc(-c8ccc(C(C)(C)C)cc8)cc76)ccc5)ccc4c4ccccc43)cc2C([2H])([2H])[2H])c([2H])c1[2H].[Pt]. The molecule has 12 aromatic rings. The quantitative estimate of drug-likeness (QED) is 0.107. The fourth-order valence-corrected chi connectivity index (χ4v) is 11.4. The molecule has 0 fully saturated rings. The standard InChI is InChI=1S/C81H80N4O.Pt/c1-52-40-75(82-50-70(52)54-24-18-17-19-25-54)85-71-31-21-20-30-66(71)67-38-37-65(49-73(67)85)86-64-29-23-28-63(48-64)83-51-84(72-39-34-55(44-74(72)83)53-32-35-58(36-33-53)77(2,3)4)76-68(56-26-22-27-59(41-56)78(5,6)7)46-62(81(14,15)16)47-69(76)57-42-60(79(8,9)10)45-61(43-57)80(11,12)13;/h17-47,50H,1-16H3;/q-2;/i1D3,17D,18D,19D,24D,25D;. The molecule has 0 saturated heterocycles. The summed E-state index contributed by atoms with van der Waals surface area (Å²) in [5.74, 6) is 0.980. The maximum absolute atomic E-state index is 8.74. The summed E-state index contributed by atoms with van der Waals surface area (Å²) in [6, 6.07) is 59.7. The van der Waals surface area contributed by atoms with Crippen LogP contribution in [0, 0.1) is 25.3 Å². The average Bonchev–Trinajstić information content (AvgIpc) is 1.72. The van der Waals surface area contributed by atoms with Crippen molar-refractivity contribution in [2.45, 2.75) is 138 Å². The zero-order valence-corrected chi connectivity index (χ0v) is 54.9. The molecule has 0 radical (unpaired) electrons. The minimum Gasteiger partial charge on any atom is -0.510 e. The molecule has 0 unspecified atom stereocenters. The predicted octanol–water partition coefficient (Wildman–Crippen LogP) is 21.1. The first-order chi connectivity index (χ1) is 43.9. The molecule has 0 spiro atoms. The second kappa shape index (κ2) is 22.6. The molecule has 3 heterocycles. The van der Waals surface area contributed by atoms with Crippen LogP contribution in [0.5, 0.6) is 11.5 Å². The van der Waals surface area contributed by atoms with Crippen LogP contribution in [0.4, 0.5) is 0 Å². The molecule has 3 aromatic heterocycles. The Morgan fingerprint density at radius 1 is 0.471 bits per heavy atom. The Bertz CT molecular complexity index is 4940. The number of benzene rings is 9. The third kappa shape index (κ3) is 11.9. The number of pyridine rings is 1. The van der Waals surface area contributed by atoms with Gasteiger partial charge >= 0.3 is 0 Å². The Labute approximate surface area is 542 Å². The smallest absolute Gasteiger partial charge is 0.268 e. The summed E-state index contributed by atoms with van der Waals surface area (Å²) in [5.41, 5.74) is 16.2. The largest absolute Gasteiger partial charge is 0.510 e. The zero-order valence-electron chi connectivity index (χ0n) is 60.6. The number of aromatic nitrogens is 4. The number of nitrogens with zero attached hydrogens (tertiary/aromatic N) is 4. The molecule has 442 valence electrons.